The van der Waals surface area contributed by atoms with E-state index in [2.05, 4.69) is 29.9 Å². The van der Waals surface area contributed by atoms with Crippen molar-refractivity contribution in [1.82, 2.24) is 29.9 Å². The Labute approximate surface area is 153 Å². The predicted molar refractivity (Wildman–Crippen MR) is 96.6 cm³/mol. The molecule has 3 aromatic rings. The largest absolute Gasteiger partial charge is 0.481 e. The molecule has 0 aromatic carbocycles. The molecule has 0 fully saturated rings. The molecule has 3 rings (SSSR count). The molecule has 3 aromatic heterocycles. The highest BCUT2D eigenvalue weighted by atomic mass is 35.5. The first-order chi connectivity index (χ1) is 12.0. The second kappa shape index (κ2) is 7.16. The lowest BCUT2D eigenvalue weighted by molar-refractivity contribution is 0.398. The second-order valence-electron chi connectivity index (χ2n) is 4.88. The van der Waals surface area contributed by atoms with E-state index in [1.807, 2.05) is 6.26 Å². The average molecular weight is 376 g/mol. The molecule has 0 aliphatic heterocycles. The van der Waals surface area contributed by atoms with E-state index in [9.17, 15) is 0 Å². The first-order valence-corrected chi connectivity index (χ1v) is 8.72. The summed E-state index contributed by atoms with van der Waals surface area (Å²) in [5, 5.41) is 0.610. The van der Waals surface area contributed by atoms with Gasteiger partial charge >= 0.3 is 0 Å². The molecule has 0 unspecified atom stereocenters. The molecule has 0 radical (unpaired) electrons. The second-order valence-corrected chi connectivity index (χ2v) is 6.00. The summed E-state index contributed by atoms with van der Waals surface area (Å²) in [5.74, 6) is 1.63. The van der Waals surface area contributed by atoms with Gasteiger partial charge < -0.3 is 10.5 Å². The Morgan fingerprint density at radius 3 is 2.56 bits per heavy atom. The van der Waals surface area contributed by atoms with Crippen molar-refractivity contribution >= 4 is 29.2 Å². The summed E-state index contributed by atoms with van der Waals surface area (Å²) in [5.41, 5.74) is 7.77. The van der Waals surface area contributed by atoms with Crippen molar-refractivity contribution in [3.63, 3.8) is 0 Å². The van der Waals surface area contributed by atoms with Crippen LogP contribution in [0.1, 0.15) is 5.82 Å². The molecule has 0 aliphatic rings. The van der Waals surface area contributed by atoms with Crippen LogP contribution in [0.15, 0.2) is 23.5 Å². The fourth-order valence-corrected chi connectivity index (χ4v) is 2.76. The molecule has 0 bridgehead atoms. The first-order valence-electron chi connectivity index (χ1n) is 7.12. The van der Waals surface area contributed by atoms with Crippen molar-refractivity contribution in [3.8, 4) is 28.5 Å². The van der Waals surface area contributed by atoms with E-state index in [0.29, 0.717) is 39.5 Å². The highest BCUT2D eigenvalue weighted by Crippen LogP contribution is 2.34. The van der Waals surface area contributed by atoms with Gasteiger partial charge in [-0.2, -0.15) is 0 Å². The number of pyridine rings is 1. The number of anilines is 1. The Balaban J connectivity index is 2.24. The van der Waals surface area contributed by atoms with E-state index in [1.165, 1.54) is 11.8 Å². The molecular weight excluding hydrogens is 362 g/mol. The number of methoxy groups -OCH3 is 1. The van der Waals surface area contributed by atoms with Crippen molar-refractivity contribution < 1.29 is 4.74 Å². The van der Waals surface area contributed by atoms with Crippen molar-refractivity contribution in [3.05, 3.63) is 29.4 Å². The third-order valence-electron chi connectivity index (χ3n) is 3.26. The Bertz CT molecular complexity index is 920. The number of hydrogen-bond acceptors (Lipinski definition) is 9. The molecule has 0 amide bonds. The zero-order chi connectivity index (χ0) is 18.0. The Hall–Kier alpha value is -2.52. The SMILES string of the molecule is COc1ccc(-c2nc(Cl)nc(N)c2-c2nc(C)nc(SC)n2)cn1. The van der Waals surface area contributed by atoms with E-state index in [1.54, 1.807) is 32.4 Å². The van der Waals surface area contributed by atoms with Crippen LogP contribution in [0.4, 0.5) is 5.82 Å². The van der Waals surface area contributed by atoms with E-state index in [0.717, 1.165) is 0 Å². The summed E-state index contributed by atoms with van der Waals surface area (Å²) in [4.78, 5) is 25.6. The lowest BCUT2D eigenvalue weighted by Crippen LogP contribution is -2.05. The molecule has 8 nitrogen and oxygen atoms in total. The molecule has 0 aliphatic carbocycles. The lowest BCUT2D eigenvalue weighted by atomic mass is 10.1. The highest BCUT2D eigenvalue weighted by molar-refractivity contribution is 7.98. The van der Waals surface area contributed by atoms with Gasteiger partial charge in [0, 0.05) is 17.8 Å². The maximum absolute atomic E-state index is 6.10. The number of thioether (sulfide) groups is 1. The fraction of sp³-hybridized carbons (Fsp3) is 0.200. The highest BCUT2D eigenvalue weighted by Gasteiger charge is 2.19. The number of halogens is 1. The van der Waals surface area contributed by atoms with E-state index < -0.39 is 0 Å². The van der Waals surface area contributed by atoms with Crippen LogP contribution in [0.2, 0.25) is 5.28 Å². The normalized spacial score (nSPS) is 10.7. The Morgan fingerprint density at radius 1 is 1.12 bits per heavy atom. The van der Waals surface area contributed by atoms with Gasteiger partial charge in [0.05, 0.1) is 18.4 Å². The molecule has 10 heteroatoms. The van der Waals surface area contributed by atoms with Crippen molar-refractivity contribution in [1.29, 1.82) is 0 Å². The molecule has 0 atom stereocenters. The van der Waals surface area contributed by atoms with Crippen LogP contribution >= 0.6 is 23.4 Å². The summed E-state index contributed by atoms with van der Waals surface area (Å²) in [6.45, 7) is 1.78. The minimum Gasteiger partial charge on any atom is -0.481 e. The third kappa shape index (κ3) is 3.62. The number of rotatable bonds is 4. The smallest absolute Gasteiger partial charge is 0.224 e. The van der Waals surface area contributed by atoms with Crippen molar-refractivity contribution in [2.75, 3.05) is 19.1 Å². The number of nitrogen functional groups attached to an aromatic ring is 1. The zero-order valence-corrected chi connectivity index (χ0v) is 15.3. The monoisotopic (exact) mass is 375 g/mol. The van der Waals surface area contributed by atoms with Crippen LogP contribution in [0.3, 0.4) is 0 Å². The van der Waals surface area contributed by atoms with Gasteiger partial charge in [0.1, 0.15) is 11.6 Å². The maximum atomic E-state index is 6.10. The molecule has 0 saturated heterocycles. The average Bonchev–Trinajstić information content (AvgIpc) is 2.60. The molecule has 0 saturated carbocycles. The van der Waals surface area contributed by atoms with Gasteiger partial charge in [-0.25, -0.2) is 29.9 Å². The number of aromatic nitrogens is 6. The van der Waals surface area contributed by atoms with Crippen molar-refractivity contribution in [2.24, 2.45) is 0 Å². The van der Waals surface area contributed by atoms with Gasteiger partial charge in [0.15, 0.2) is 11.0 Å². The Kier molecular flexibility index (Phi) is 4.95. The van der Waals surface area contributed by atoms with Crippen LogP contribution in [0.25, 0.3) is 22.6 Å². The lowest BCUT2D eigenvalue weighted by Gasteiger charge is -2.11. The van der Waals surface area contributed by atoms with Crippen LogP contribution in [0.5, 0.6) is 5.88 Å². The van der Waals surface area contributed by atoms with Gasteiger partial charge in [-0.15, -0.1) is 0 Å². The zero-order valence-electron chi connectivity index (χ0n) is 13.7. The predicted octanol–water partition coefficient (Wildman–Crippen LogP) is 2.67. The summed E-state index contributed by atoms with van der Waals surface area (Å²) >= 11 is 7.41. The van der Waals surface area contributed by atoms with Gasteiger partial charge in [-0.1, -0.05) is 11.8 Å². The standard InChI is InChI=1S/C15H14ClN7OS/c1-7-19-13(23-15(20-7)25-3)10-11(21-14(16)22-12(10)17)8-4-5-9(24-2)18-6-8/h4-6H,1-3H3,(H2,17,21,22). The fourth-order valence-electron chi connectivity index (χ4n) is 2.18. The molecule has 2 N–H and O–H groups in total. The summed E-state index contributed by atoms with van der Waals surface area (Å²) < 4.78 is 5.08. The van der Waals surface area contributed by atoms with E-state index in [-0.39, 0.29) is 11.1 Å². The van der Waals surface area contributed by atoms with Crippen LogP contribution in [0, 0.1) is 6.92 Å². The number of nitrogens with zero attached hydrogens (tertiary/aromatic N) is 6. The summed E-state index contributed by atoms with van der Waals surface area (Å²) in [7, 11) is 1.55. The van der Waals surface area contributed by atoms with Gasteiger partial charge in [0.2, 0.25) is 11.2 Å². The number of hydrogen-bond donors (Lipinski definition) is 1. The van der Waals surface area contributed by atoms with Gasteiger partial charge in [-0.3, -0.25) is 0 Å². The molecule has 128 valence electrons. The molecule has 25 heavy (non-hydrogen) atoms. The van der Waals surface area contributed by atoms with Crippen LogP contribution in [-0.4, -0.2) is 43.3 Å². The number of ether oxygens (including phenoxy) is 1. The van der Waals surface area contributed by atoms with Gasteiger partial charge in [-0.05, 0) is 30.8 Å². The first kappa shape index (κ1) is 17.3. The number of nitrogens with two attached hydrogens (primary N) is 1. The van der Waals surface area contributed by atoms with E-state index in [4.69, 9.17) is 22.1 Å². The maximum Gasteiger partial charge on any atom is 0.224 e. The minimum atomic E-state index is 0.0305. The number of aryl methyl sites for hydroxylation is 1. The summed E-state index contributed by atoms with van der Waals surface area (Å²) in [6.07, 6.45) is 3.50. The third-order valence-corrected chi connectivity index (χ3v) is 3.98. The van der Waals surface area contributed by atoms with Crippen LogP contribution in [-0.2, 0) is 0 Å². The topological polar surface area (TPSA) is 113 Å². The molecular formula is C15H14ClN7OS. The van der Waals surface area contributed by atoms with Crippen LogP contribution < -0.4 is 10.5 Å². The summed E-state index contributed by atoms with van der Waals surface area (Å²) in [6, 6.07) is 3.52. The minimum absolute atomic E-state index is 0.0305. The van der Waals surface area contributed by atoms with Gasteiger partial charge in [0.25, 0.3) is 0 Å². The van der Waals surface area contributed by atoms with Crippen molar-refractivity contribution in [2.45, 2.75) is 12.1 Å². The quantitative estimate of drug-likeness (QED) is 0.543. The Morgan fingerprint density at radius 2 is 1.92 bits per heavy atom. The molecule has 0 spiro atoms. The molecule has 3 heterocycles. The van der Waals surface area contributed by atoms with E-state index >= 15 is 0 Å².